The van der Waals surface area contributed by atoms with Crippen LogP contribution in [0.25, 0.3) is 5.65 Å². The molecule has 0 fully saturated rings. The average molecular weight is 943 g/mol. The van der Waals surface area contributed by atoms with Crippen LogP contribution in [0.3, 0.4) is 0 Å². The van der Waals surface area contributed by atoms with Gasteiger partial charge >= 0.3 is 11.7 Å². The number of nitrogens with one attached hydrogen (secondary N) is 6. The Bertz CT molecular complexity index is 2060. The number of alkyl halides is 1. The number of carbonyl (C=O) groups is 8. The molecular weight excluding hydrogens is 884 g/mol. The molecule has 0 aliphatic rings. The first kappa shape index (κ1) is 54.6. The van der Waals surface area contributed by atoms with Gasteiger partial charge in [-0.3, -0.25) is 38.6 Å². The molecular formula is C36H59ClN16O12. The summed E-state index contributed by atoms with van der Waals surface area (Å²) in [7, 11) is 0. The van der Waals surface area contributed by atoms with Crippen molar-refractivity contribution in [1.82, 2.24) is 56.3 Å². The van der Waals surface area contributed by atoms with Gasteiger partial charge in [0.25, 0.3) is 5.91 Å². The fourth-order valence-corrected chi connectivity index (χ4v) is 6.10. The van der Waals surface area contributed by atoms with Crippen LogP contribution in [0.1, 0.15) is 75.7 Å². The number of unbranched alkanes of at least 4 members (excludes halogenated alkanes) is 1. The van der Waals surface area contributed by atoms with Crippen molar-refractivity contribution >= 4 is 70.5 Å². The minimum absolute atomic E-state index is 0.0170. The Morgan fingerprint density at radius 2 is 1.34 bits per heavy atom. The van der Waals surface area contributed by atoms with Gasteiger partial charge in [-0.15, -0.1) is 16.7 Å². The van der Waals surface area contributed by atoms with E-state index in [0.717, 1.165) is 15.4 Å². The summed E-state index contributed by atoms with van der Waals surface area (Å²) in [6, 6.07) is -9.29. The Balaban J connectivity index is 2.27. The summed E-state index contributed by atoms with van der Waals surface area (Å²) in [5.74, 6) is -9.22. The Labute approximate surface area is 376 Å². The number of amides is 7. The zero-order chi connectivity index (χ0) is 48.8. The van der Waals surface area contributed by atoms with Crippen LogP contribution in [0.5, 0.6) is 0 Å². The fraction of sp³-hybridized carbons (Fsp3) is 0.639. The summed E-state index contributed by atoms with van der Waals surface area (Å²) in [4.78, 5) is 125. The van der Waals surface area contributed by atoms with E-state index in [-0.39, 0.29) is 68.5 Å². The molecule has 0 spiro atoms. The van der Waals surface area contributed by atoms with Crippen LogP contribution in [-0.4, -0.2) is 161 Å². The number of rotatable bonds is 30. The number of imidazole rings is 1. The van der Waals surface area contributed by atoms with E-state index in [1.807, 2.05) is 0 Å². The third kappa shape index (κ3) is 17.2. The standard InChI is InChI=1S/C36H59ClN16O12/c1-3-18(2)25(32(61)48-23(16-55)31(60)46-21(34(63)64)8-6-13-42-35(40)41)49-29(58)20(9-10-24(39)56)44-30(59)22(15-54)47-28(57)19(7-4-5-12-38)45-33(62)26-27-50-51-53(14-11-37)36(65)52(27)17-43-26/h17-23,25,54-55H,3-16,38H2,1-2H3,(H2,39,56)(H,44,59)(H,45,62)(H,46,60)(H,47,57)(H,48,61)(H,49,58)(H,63,64)(H4,40,41,42)/t18-,19-,20-,21-,22-,23-,25-/m0/s1. The van der Waals surface area contributed by atoms with Gasteiger partial charge in [0, 0.05) is 18.8 Å². The van der Waals surface area contributed by atoms with Crippen LogP contribution in [0, 0.1) is 5.92 Å². The molecule has 2 heterocycles. The number of aryl methyl sites for hydroxylation is 1. The monoisotopic (exact) mass is 942 g/mol. The summed E-state index contributed by atoms with van der Waals surface area (Å²) < 4.78 is 1.91. The van der Waals surface area contributed by atoms with Gasteiger partial charge in [-0.1, -0.05) is 25.5 Å². The smallest absolute Gasteiger partial charge is 0.353 e. The second kappa shape index (κ2) is 27.6. The maximum absolute atomic E-state index is 13.8. The van der Waals surface area contributed by atoms with E-state index in [0.29, 0.717) is 12.8 Å². The number of aliphatic imine (C=N–C) groups is 1. The van der Waals surface area contributed by atoms with Crippen LogP contribution in [-0.2, 0) is 40.1 Å². The topological polar surface area (TPSA) is 451 Å². The molecule has 0 aliphatic carbocycles. The second-order valence-corrected chi connectivity index (χ2v) is 15.0. The molecule has 65 heavy (non-hydrogen) atoms. The van der Waals surface area contributed by atoms with Crippen LogP contribution in [0.4, 0.5) is 0 Å². The number of hydrogen-bond donors (Lipinski definition) is 13. The lowest BCUT2D eigenvalue weighted by atomic mass is 9.97. The Hall–Kier alpha value is -6.52. The predicted molar refractivity (Wildman–Crippen MR) is 229 cm³/mol. The molecule has 2 aromatic heterocycles. The van der Waals surface area contributed by atoms with Gasteiger partial charge in [0.05, 0.1) is 19.8 Å². The van der Waals surface area contributed by atoms with Crippen molar-refractivity contribution in [2.24, 2.45) is 33.8 Å². The van der Waals surface area contributed by atoms with Crippen molar-refractivity contribution in [3.8, 4) is 0 Å². The number of carboxylic acids is 1. The number of carbonyl (C=O) groups excluding carboxylic acids is 7. The highest BCUT2D eigenvalue weighted by molar-refractivity contribution is 6.17. The predicted octanol–water partition coefficient (Wildman–Crippen LogP) is -6.39. The van der Waals surface area contributed by atoms with Gasteiger partial charge in [-0.25, -0.2) is 19.0 Å². The molecule has 7 atom stereocenters. The third-order valence-electron chi connectivity index (χ3n) is 9.79. The van der Waals surface area contributed by atoms with Gasteiger partial charge < -0.3 is 70.2 Å². The van der Waals surface area contributed by atoms with E-state index < -0.39 is 121 Å². The number of primary amides is 1. The van der Waals surface area contributed by atoms with Crippen molar-refractivity contribution in [2.75, 3.05) is 32.2 Å². The van der Waals surface area contributed by atoms with Gasteiger partial charge in [0.15, 0.2) is 17.3 Å². The summed E-state index contributed by atoms with van der Waals surface area (Å²) in [5.41, 5.74) is 20.2. The number of nitrogens with zero attached hydrogens (tertiary/aromatic N) is 6. The number of carboxylic acid groups (broad SMARTS) is 1. The van der Waals surface area contributed by atoms with E-state index in [2.05, 4.69) is 52.2 Å². The summed E-state index contributed by atoms with van der Waals surface area (Å²) in [6.07, 6.45) is 1.19. The molecule has 7 amide bonds. The van der Waals surface area contributed by atoms with E-state index >= 15 is 0 Å². The first-order chi connectivity index (χ1) is 30.8. The molecule has 0 saturated heterocycles. The highest BCUT2D eigenvalue weighted by atomic mass is 35.5. The highest BCUT2D eigenvalue weighted by Gasteiger charge is 2.35. The molecule has 0 aromatic carbocycles. The SMILES string of the molecule is CC[C@H](C)[C@H](NC(=O)[C@H](CCC(N)=O)NC(=O)[C@H](CO)NC(=O)[C@H](CCCCN)NC(=O)c1ncn2c(=O)n(CCCl)nnc12)C(=O)N[C@@H](CO)C(=O)N[C@@H](CCCN=C(N)N)C(=O)O. The Kier molecular flexibility index (Phi) is 23.2. The first-order valence-electron chi connectivity index (χ1n) is 20.5. The number of guanidine groups is 1. The third-order valence-corrected chi connectivity index (χ3v) is 9.96. The molecule has 0 unspecified atom stereocenters. The quantitative estimate of drug-likeness (QED) is 0.0150. The molecule has 0 bridgehead atoms. The van der Waals surface area contributed by atoms with Crippen molar-refractivity contribution in [3.05, 3.63) is 22.5 Å². The molecule has 17 N–H and O–H groups in total. The number of aromatic nitrogens is 5. The molecule has 2 aromatic rings. The summed E-state index contributed by atoms with van der Waals surface area (Å²) in [5, 5.41) is 51.5. The average Bonchev–Trinajstić information content (AvgIpc) is 3.71. The molecule has 362 valence electrons. The Morgan fingerprint density at radius 1 is 0.785 bits per heavy atom. The molecule has 0 radical (unpaired) electrons. The largest absolute Gasteiger partial charge is 0.480 e. The van der Waals surface area contributed by atoms with E-state index in [1.54, 1.807) is 13.8 Å². The van der Waals surface area contributed by atoms with Crippen LogP contribution < -0.4 is 60.5 Å². The number of aliphatic hydroxyl groups is 2. The molecule has 29 heteroatoms. The molecule has 2 rings (SSSR count). The fourth-order valence-electron chi connectivity index (χ4n) is 5.94. The van der Waals surface area contributed by atoms with Gasteiger partial charge in [0.2, 0.25) is 35.4 Å². The van der Waals surface area contributed by atoms with Crippen LogP contribution in [0.2, 0.25) is 0 Å². The van der Waals surface area contributed by atoms with Crippen molar-refractivity contribution in [1.29, 1.82) is 0 Å². The zero-order valence-electron chi connectivity index (χ0n) is 35.9. The maximum atomic E-state index is 13.8. The lowest BCUT2D eigenvalue weighted by Gasteiger charge is -2.29. The van der Waals surface area contributed by atoms with Crippen molar-refractivity contribution in [3.63, 3.8) is 0 Å². The second-order valence-electron chi connectivity index (χ2n) is 14.7. The number of hydrogen-bond acceptors (Lipinski definition) is 16. The van der Waals surface area contributed by atoms with Crippen LogP contribution in [0.15, 0.2) is 16.1 Å². The summed E-state index contributed by atoms with van der Waals surface area (Å²) in [6.45, 7) is 1.56. The zero-order valence-corrected chi connectivity index (χ0v) is 36.7. The normalized spacial score (nSPS) is 14.3. The van der Waals surface area contributed by atoms with Crippen LogP contribution >= 0.6 is 11.6 Å². The van der Waals surface area contributed by atoms with E-state index in [9.17, 15) is 58.5 Å². The van der Waals surface area contributed by atoms with Gasteiger partial charge in [-0.05, 0) is 51.0 Å². The molecule has 28 nitrogen and oxygen atoms in total. The number of nitrogens with two attached hydrogens (primary N) is 4. The molecule has 0 saturated carbocycles. The highest BCUT2D eigenvalue weighted by Crippen LogP contribution is 2.12. The van der Waals surface area contributed by atoms with Gasteiger partial charge in [-0.2, -0.15) is 4.68 Å². The maximum Gasteiger partial charge on any atom is 0.353 e. The number of fused-ring (bicyclic) bond motifs is 1. The van der Waals surface area contributed by atoms with E-state index in [4.69, 9.17) is 34.5 Å². The van der Waals surface area contributed by atoms with Crippen molar-refractivity contribution in [2.45, 2.75) is 108 Å². The minimum atomic E-state index is -1.75. The number of aliphatic carboxylic acids is 1. The van der Waals surface area contributed by atoms with Crippen molar-refractivity contribution < 1.29 is 53.7 Å². The number of halogens is 1. The van der Waals surface area contributed by atoms with Gasteiger partial charge in [0.1, 0.15) is 42.6 Å². The summed E-state index contributed by atoms with van der Waals surface area (Å²) >= 11 is 5.70. The minimum Gasteiger partial charge on any atom is -0.480 e. The lowest BCUT2D eigenvalue weighted by Crippen LogP contribution is -2.61. The lowest BCUT2D eigenvalue weighted by molar-refractivity contribution is -0.143. The van der Waals surface area contributed by atoms with E-state index in [1.165, 1.54) is 0 Å². The Morgan fingerprint density at radius 3 is 1.89 bits per heavy atom. The molecule has 0 aliphatic heterocycles. The first-order valence-corrected chi connectivity index (χ1v) is 21.0. The number of aliphatic hydroxyl groups excluding tert-OH is 2.